The maximum atomic E-state index is 12.5. The highest BCUT2D eigenvalue weighted by atomic mass is 16.5. The van der Waals surface area contributed by atoms with E-state index in [1.165, 1.54) is 32.6 Å². The van der Waals surface area contributed by atoms with Crippen LogP contribution in [0.3, 0.4) is 0 Å². The van der Waals surface area contributed by atoms with Gasteiger partial charge in [-0.2, -0.15) is 0 Å². The summed E-state index contributed by atoms with van der Waals surface area (Å²) in [5, 5.41) is 11.4. The minimum absolute atomic E-state index is 0.0401. The molecule has 0 saturated heterocycles. The third kappa shape index (κ3) is 5.17. The van der Waals surface area contributed by atoms with Crippen LogP contribution >= 0.6 is 0 Å². The lowest BCUT2D eigenvalue weighted by molar-refractivity contribution is -0.182. The maximum absolute atomic E-state index is 12.5. The first kappa shape index (κ1) is 27.7. The van der Waals surface area contributed by atoms with Crippen molar-refractivity contribution in [3.05, 3.63) is 35.9 Å². The van der Waals surface area contributed by atoms with Crippen LogP contribution in [0.2, 0.25) is 0 Å². The van der Waals surface area contributed by atoms with Crippen LogP contribution in [0.5, 0.6) is 0 Å². The van der Waals surface area contributed by atoms with Gasteiger partial charge in [0.15, 0.2) is 0 Å². The molecule has 1 N–H and O–H groups in total. The van der Waals surface area contributed by atoms with Crippen molar-refractivity contribution < 1.29 is 24.2 Å². The van der Waals surface area contributed by atoms with Crippen LogP contribution in [0.25, 0.3) is 0 Å². The molecule has 0 radical (unpaired) electrons. The van der Waals surface area contributed by atoms with Crippen molar-refractivity contribution in [1.29, 1.82) is 0 Å². The minimum atomic E-state index is -0.308. The molecule has 4 saturated carbocycles. The number of hydrogen-bond acceptors (Lipinski definition) is 5. The van der Waals surface area contributed by atoms with Crippen molar-refractivity contribution in [3.8, 4) is 0 Å². The molecule has 210 valence electrons. The normalized spacial score (nSPS) is 40.8. The van der Waals surface area contributed by atoms with Gasteiger partial charge in [-0.05, 0) is 110 Å². The third-order valence-electron chi connectivity index (χ3n) is 11.8. The fraction of sp³-hybridized carbons (Fsp3) is 0.758. The van der Waals surface area contributed by atoms with Gasteiger partial charge in [-0.25, -0.2) is 0 Å². The van der Waals surface area contributed by atoms with E-state index in [-0.39, 0.29) is 40.9 Å². The van der Waals surface area contributed by atoms with Gasteiger partial charge in [0.25, 0.3) is 0 Å². The number of carbonyl (C=O) groups is 2. The van der Waals surface area contributed by atoms with Gasteiger partial charge < -0.3 is 14.6 Å². The second kappa shape index (κ2) is 10.9. The molecule has 0 heterocycles. The summed E-state index contributed by atoms with van der Waals surface area (Å²) in [6.45, 7) is 9.14. The summed E-state index contributed by atoms with van der Waals surface area (Å²) in [4.78, 5) is 24.1. The predicted molar refractivity (Wildman–Crippen MR) is 147 cm³/mol. The molecule has 0 aliphatic heterocycles. The Kier molecular flexibility index (Phi) is 7.97. The number of aliphatic hydroxyl groups is 1. The van der Waals surface area contributed by atoms with Crippen molar-refractivity contribution in [3.63, 3.8) is 0 Å². The van der Waals surface area contributed by atoms with Gasteiger partial charge in [0.05, 0.1) is 6.10 Å². The van der Waals surface area contributed by atoms with Gasteiger partial charge in [0.2, 0.25) is 0 Å². The number of aliphatic hydroxyl groups excluding tert-OH is 1. The summed E-state index contributed by atoms with van der Waals surface area (Å²) in [6.07, 6.45) is 9.65. The van der Waals surface area contributed by atoms with E-state index < -0.39 is 0 Å². The third-order valence-corrected chi connectivity index (χ3v) is 11.8. The number of esters is 2. The smallest absolute Gasteiger partial charge is 0.306 e. The van der Waals surface area contributed by atoms with Gasteiger partial charge in [0.1, 0.15) is 12.7 Å². The van der Waals surface area contributed by atoms with Gasteiger partial charge in [-0.3, -0.25) is 9.59 Å². The molecule has 38 heavy (non-hydrogen) atoms. The Morgan fingerprint density at radius 2 is 1.68 bits per heavy atom. The summed E-state index contributed by atoms with van der Waals surface area (Å²) < 4.78 is 11.1. The lowest BCUT2D eigenvalue weighted by Gasteiger charge is -2.62. The fourth-order valence-electron chi connectivity index (χ4n) is 9.94. The van der Waals surface area contributed by atoms with Crippen LogP contribution in [-0.2, 0) is 25.7 Å². The zero-order valence-electron chi connectivity index (χ0n) is 23.9. The molecule has 0 bridgehead atoms. The second-order valence-electron chi connectivity index (χ2n) is 13.7. The molecule has 5 nitrogen and oxygen atoms in total. The Labute approximate surface area is 229 Å². The van der Waals surface area contributed by atoms with E-state index in [0.29, 0.717) is 42.6 Å². The highest BCUT2D eigenvalue weighted by molar-refractivity contribution is 5.69. The SMILES string of the molecule is CC(=O)O[C@@H]1CC[C@]2(C)[C@H]3CC[C@]4(C)[C@@H]([C@H](C)CCC(=O)OCc5ccccc5)CC[C@H]4[C@@H]3C[C@H](O)[C@@H]2C1. The number of rotatable bonds is 7. The van der Waals surface area contributed by atoms with Crippen molar-refractivity contribution in [2.24, 2.45) is 46.3 Å². The van der Waals surface area contributed by atoms with Crippen LogP contribution < -0.4 is 0 Å². The molecule has 5 rings (SSSR count). The molecular weight excluding hydrogens is 476 g/mol. The van der Waals surface area contributed by atoms with E-state index >= 15 is 0 Å². The van der Waals surface area contributed by atoms with E-state index in [1.807, 2.05) is 30.3 Å². The molecule has 4 aliphatic carbocycles. The zero-order chi connectivity index (χ0) is 27.1. The molecule has 0 amide bonds. The van der Waals surface area contributed by atoms with Crippen LogP contribution in [-0.4, -0.2) is 29.3 Å². The van der Waals surface area contributed by atoms with Crippen LogP contribution in [0.1, 0.15) is 97.5 Å². The number of carbonyl (C=O) groups excluding carboxylic acids is 2. The maximum Gasteiger partial charge on any atom is 0.306 e. The number of benzene rings is 1. The van der Waals surface area contributed by atoms with Crippen molar-refractivity contribution in [2.45, 2.75) is 111 Å². The lowest BCUT2D eigenvalue weighted by atomic mass is 9.43. The van der Waals surface area contributed by atoms with E-state index in [2.05, 4.69) is 20.8 Å². The van der Waals surface area contributed by atoms with Gasteiger partial charge in [-0.15, -0.1) is 0 Å². The molecule has 10 atom stereocenters. The number of ether oxygens (including phenoxy) is 2. The molecule has 1 aromatic rings. The Morgan fingerprint density at radius 1 is 0.974 bits per heavy atom. The number of hydrogen-bond donors (Lipinski definition) is 1. The summed E-state index contributed by atoms with van der Waals surface area (Å²) in [5.41, 5.74) is 1.45. The summed E-state index contributed by atoms with van der Waals surface area (Å²) in [7, 11) is 0. The van der Waals surface area contributed by atoms with E-state index in [9.17, 15) is 14.7 Å². The first-order valence-corrected chi connectivity index (χ1v) is 15.2. The van der Waals surface area contributed by atoms with Crippen LogP contribution in [0.4, 0.5) is 0 Å². The standard InChI is InChI=1S/C33H48O5/c1-21(10-13-31(36)37-20-23-8-6-5-7-9-23)26-11-12-27-25-19-30(35)29-18-24(38-22(2)34)14-16-33(29,4)28(25)15-17-32(26,27)3/h5-9,21,24-30,35H,10-20H2,1-4H3/t21-,24-,25+,26-,27+,28+,29+,30+,32-,33-/m1/s1. The van der Waals surface area contributed by atoms with Crippen LogP contribution in [0, 0.1) is 46.3 Å². The largest absolute Gasteiger partial charge is 0.463 e. The van der Waals surface area contributed by atoms with Crippen LogP contribution in [0.15, 0.2) is 30.3 Å². The highest BCUT2D eigenvalue weighted by Crippen LogP contribution is 2.68. The summed E-state index contributed by atoms with van der Waals surface area (Å²) >= 11 is 0. The average molecular weight is 525 g/mol. The van der Waals surface area contributed by atoms with Gasteiger partial charge in [0, 0.05) is 13.3 Å². The zero-order valence-corrected chi connectivity index (χ0v) is 23.9. The molecule has 0 unspecified atom stereocenters. The van der Waals surface area contributed by atoms with Gasteiger partial charge >= 0.3 is 11.9 Å². The van der Waals surface area contributed by atoms with E-state index in [0.717, 1.165) is 37.7 Å². The van der Waals surface area contributed by atoms with Crippen molar-refractivity contribution in [1.82, 2.24) is 0 Å². The van der Waals surface area contributed by atoms with Crippen molar-refractivity contribution >= 4 is 11.9 Å². The molecule has 1 aromatic carbocycles. The molecule has 0 aromatic heterocycles. The molecule has 0 spiro atoms. The Bertz CT molecular complexity index is 992. The van der Waals surface area contributed by atoms with Crippen molar-refractivity contribution in [2.75, 3.05) is 0 Å². The molecule has 4 fully saturated rings. The lowest BCUT2D eigenvalue weighted by Crippen LogP contribution is -2.58. The quantitative estimate of drug-likeness (QED) is 0.402. The first-order valence-electron chi connectivity index (χ1n) is 15.2. The summed E-state index contributed by atoms with van der Waals surface area (Å²) in [5.74, 6) is 2.91. The van der Waals surface area contributed by atoms with E-state index in [1.54, 1.807) is 0 Å². The first-order chi connectivity index (χ1) is 18.1. The average Bonchev–Trinajstić information content (AvgIpc) is 3.25. The molecule has 5 heteroatoms. The minimum Gasteiger partial charge on any atom is -0.463 e. The second-order valence-corrected chi connectivity index (χ2v) is 13.7. The Hall–Kier alpha value is -1.88. The highest BCUT2D eigenvalue weighted by Gasteiger charge is 2.62. The Morgan fingerprint density at radius 3 is 2.42 bits per heavy atom. The fourth-order valence-corrected chi connectivity index (χ4v) is 9.94. The predicted octanol–water partition coefficient (Wildman–Crippen LogP) is 6.71. The van der Waals surface area contributed by atoms with E-state index in [4.69, 9.17) is 9.47 Å². The topological polar surface area (TPSA) is 72.8 Å². The molecular formula is C33H48O5. The summed E-state index contributed by atoms with van der Waals surface area (Å²) in [6, 6.07) is 9.89. The van der Waals surface area contributed by atoms with Gasteiger partial charge in [-0.1, -0.05) is 51.1 Å². The number of fused-ring (bicyclic) bond motifs is 5. The monoisotopic (exact) mass is 524 g/mol. The Balaban J connectivity index is 1.20. The molecule has 4 aliphatic rings.